The van der Waals surface area contributed by atoms with Gasteiger partial charge in [0.25, 0.3) is 5.91 Å². The van der Waals surface area contributed by atoms with Crippen molar-refractivity contribution in [2.75, 3.05) is 0 Å². The van der Waals surface area contributed by atoms with E-state index in [1.807, 2.05) is 42.5 Å². The summed E-state index contributed by atoms with van der Waals surface area (Å²) in [6.07, 6.45) is 0. The predicted molar refractivity (Wildman–Crippen MR) is 103 cm³/mol. The molecule has 1 amide bonds. The molecule has 2 aromatic carbocycles. The molecule has 0 saturated heterocycles. The average Bonchev–Trinajstić information content (AvgIpc) is 2.53. The lowest BCUT2D eigenvalue weighted by Crippen LogP contribution is -2.38. The lowest BCUT2D eigenvalue weighted by molar-refractivity contribution is 0.0976. The van der Waals surface area contributed by atoms with Crippen molar-refractivity contribution in [2.24, 2.45) is 0 Å². The second kappa shape index (κ2) is 7.58. The third-order valence-corrected chi connectivity index (χ3v) is 4.19. The molecule has 2 aromatic rings. The van der Waals surface area contributed by atoms with E-state index in [0.29, 0.717) is 17.2 Å². The van der Waals surface area contributed by atoms with Gasteiger partial charge in [-0.2, -0.15) is 0 Å². The number of aryl methyl sites for hydroxylation is 1. The largest absolute Gasteiger partial charge is 0.358 e. The van der Waals surface area contributed by atoms with Crippen LogP contribution in [0.5, 0.6) is 0 Å². The third kappa shape index (κ3) is 4.90. The van der Waals surface area contributed by atoms with E-state index in [2.05, 4.69) is 44.4 Å². The van der Waals surface area contributed by atoms with Crippen molar-refractivity contribution in [3.63, 3.8) is 0 Å². The summed E-state index contributed by atoms with van der Waals surface area (Å²) in [5, 5.41) is 6.14. The molecule has 0 heterocycles. The van der Waals surface area contributed by atoms with Crippen molar-refractivity contribution in [3.8, 4) is 0 Å². The molecule has 0 radical (unpaired) electrons. The number of rotatable bonds is 3. The van der Waals surface area contributed by atoms with Crippen molar-refractivity contribution < 1.29 is 4.79 Å². The zero-order chi connectivity index (χ0) is 17.7. The molecule has 0 atom stereocenters. The fourth-order valence-electron chi connectivity index (χ4n) is 2.33. The number of hydrogen-bond acceptors (Lipinski definition) is 2. The monoisotopic (exact) mass is 340 g/mol. The molecule has 0 aliphatic carbocycles. The second-order valence-corrected chi connectivity index (χ2v) is 7.30. The first kappa shape index (κ1) is 18.1. The lowest BCUT2D eigenvalue weighted by atomic mass is 9.87. The first-order chi connectivity index (χ1) is 11.3. The molecule has 0 spiro atoms. The summed E-state index contributed by atoms with van der Waals surface area (Å²) in [4.78, 5) is 12.3. The summed E-state index contributed by atoms with van der Waals surface area (Å²) in [5.74, 6) is -0.197. The summed E-state index contributed by atoms with van der Waals surface area (Å²) in [5.41, 5.74) is 4.21. The van der Waals surface area contributed by atoms with E-state index in [1.54, 1.807) is 0 Å². The third-order valence-electron chi connectivity index (χ3n) is 3.94. The van der Waals surface area contributed by atoms with Gasteiger partial charge >= 0.3 is 0 Å². The molecule has 4 heteroatoms. The Morgan fingerprint density at radius 1 is 1.04 bits per heavy atom. The van der Waals surface area contributed by atoms with Crippen molar-refractivity contribution in [1.82, 2.24) is 10.6 Å². The van der Waals surface area contributed by atoms with Crippen LogP contribution >= 0.6 is 12.2 Å². The molecule has 0 saturated carbocycles. The Morgan fingerprint density at radius 3 is 2.25 bits per heavy atom. The van der Waals surface area contributed by atoms with Gasteiger partial charge in [-0.05, 0) is 53.4 Å². The standard InChI is InChI=1S/C20H24N2OS/c1-14-7-5-6-8-16(14)13-21-19(24)22-18(23)15-9-11-17(12-10-15)20(2,3)4/h5-12H,13H2,1-4H3,(H2,21,22,23,24). The molecule has 0 aliphatic heterocycles. The number of benzene rings is 2. The molecule has 2 N–H and O–H groups in total. The fourth-order valence-corrected chi connectivity index (χ4v) is 2.49. The van der Waals surface area contributed by atoms with Crippen LogP contribution < -0.4 is 10.6 Å². The van der Waals surface area contributed by atoms with Crippen LogP contribution in [-0.2, 0) is 12.0 Å². The van der Waals surface area contributed by atoms with Crippen LogP contribution in [0.3, 0.4) is 0 Å². The van der Waals surface area contributed by atoms with Gasteiger partial charge < -0.3 is 5.32 Å². The normalized spacial score (nSPS) is 11.0. The smallest absolute Gasteiger partial charge is 0.257 e. The van der Waals surface area contributed by atoms with E-state index in [0.717, 1.165) is 5.56 Å². The molecule has 2 rings (SSSR count). The molecule has 3 nitrogen and oxygen atoms in total. The highest BCUT2D eigenvalue weighted by Crippen LogP contribution is 2.22. The second-order valence-electron chi connectivity index (χ2n) is 6.89. The highest BCUT2D eigenvalue weighted by atomic mass is 32.1. The summed E-state index contributed by atoms with van der Waals surface area (Å²) in [6, 6.07) is 15.7. The van der Waals surface area contributed by atoms with Gasteiger partial charge in [0, 0.05) is 12.1 Å². The van der Waals surface area contributed by atoms with Crippen molar-refractivity contribution >= 4 is 23.2 Å². The van der Waals surface area contributed by atoms with Crippen LogP contribution in [0.2, 0.25) is 0 Å². The first-order valence-corrected chi connectivity index (χ1v) is 8.42. The molecular formula is C20H24N2OS. The summed E-state index contributed by atoms with van der Waals surface area (Å²) in [7, 11) is 0. The van der Waals surface area contributed by atoms with E-state index in [4.69, 9.17) is 12.2 Å². The van der Waals surface area contributed by atoms with Gasteiger partial charge in [0.05, 0.1) is 0 Å². The van der Waals surface area contributed by atoms with Crippen molar-refractivity contribution in [1.29, 1.82) is 0 Å². The Hall–Kier alpha value is -2.20. The van der Waals surface area contributed by atoms with Gasteiger partial charge in [-0.15, -0.1) is 0 Å². The lowest BCUT2D eigenvalue weighted by Gasteiger charge is -2.19. The molecule has 0 aliphatic rings. The Labute approximate surface area is 149 Å². The number of thiocarbonyl (C=S) groups is 1. The van der Waals surface area contributed by atoms with Crippen LogP contribution in [0.1, 0.15) is 47.8 Å². The number of carbonyl (C=O) groups excluding carboxylic acids is 1. The molecule has 126 valence electrons. The highest BCUT2D eigenvalue weighted by Gasteiger charge is 2.14. The minimum Gasteiger partial charge on any atom is -0.358 e. The van der Waals surface area contributed by atoms with E-state index < -0.39 is 0 Å². The van der Waals surface area contributed by atoms with Gasteiger partial charge in [0.2, 0.25) is 0 Å². The first-order valence-electron chi connectivity index (χ1n) is 8.01. The summed E-state index contributed by atoms with van der Waals surface area (Å²) >= 11 is 5.21. The maximum atomic E-state index is 12.3. The molecule has 0 fully saturated rings. The van der Waals surface area contributed by atoms with E-state index in [1.165, 1.54) is 11.1 Å². The van der Waals surface area contributed by atoms with Gasteiger partial charge in [0.1, 0.15) is 0 Å². The SMILES string of the molecule is Cc1ccccc1CNC(=S)NC(=O)c1ccc(C(C)(C)C)cc1. The maximum absolute atomic E-state index is 12.3. The number of amides is 1. The van der Waals surface area contributed by atoms with Gasteiger partial charge in [-0.1, -0.05) is 57.2 Å². The van der Waals surface area contributed by atoms with E-state index >= 15 is 0 Å². The number of hydrogen-bond donors (Lipinski definition) is 2. The topological polar surface area (TPSA) is 41.1 Å². The molecule has 0 bridgehead atoms. The minimum absolute atomic E-state index is 0.0689. The van der Waals surface area contributed by atoms with E-state index in [-0.39, 0.29) is 11.3 Å². The summed E-state index contributed by atoms with van der Waals surface area (Å²) in [6.45, 7) is 9.08. The quantitative estimate of drug-likeness (QED) is 0.827. The van der Waals surface area contributed by atoms with Gasteiger partial charge in [0.15, 0.2) is 5.11 Å². The fraction of sp³-hybridized carbons (Fsp3) is 0.300. The van der Waals surface area contributed by atoms with Gasteiger partial charge in [-0.25, -0.2) is 0 Å². The number of carbonyl (C=O) groups is 1. The van der Waals surface area contributed by atoms with Crippen molar-refractivity contribution in [2.45, 2.75) is 39.7 Å². The predicted octanol–water partition coefficient (Wildman–Crippen LogP) is 4.10. The van der Waals surface area contributed by atoms with Crippen molar-refractivity contribution in [3.05, 3.63) is 70.8 Å². The summed E-state index contributed by atoms with van der Waals surface area (Å²) < 4.78 is 0. The van der Waals surface area contributed by atoms with Crippen LogP contribution in [0.25, 0.3) is 0 Å². The van der Waals surface area contributed by atoms with Crippen LogP contribution in [0.15, 0.2) is 48.5 Å². The highest BCUT2D eigenvalue weighted by molar-refractivity contribution is 7.80. The van der Waals surface area contributed by atoms with Crippen LogP contribution in [0.4, 0.5) is 0 Å². The van der Waals surface area contributed by atoms with Crippen LogP contribution in [-0.4, -0.2) is 11.0 Å². The Kier molecular flexibility index (Phi) is 5.73. The van der Waals surface area contributed by atoms with Crippen LogP contribution in [0, 0.1) is 6.92 Å². The molecule has 0 unspecified atom stereocenters. The zero-order valence-corrected chi connectivity index (χ0v) is 15.5. The zero-order valence-electron chi connectivity index (χ0n) is 14.6. The Balaban J connectivity index is 1.92. The Morgan fingerprint density at radius 2 is 1.67 bits per heavy atom. The molecule has 0 aromatic heterocycles. The Bertz CT molecular complexity index is 730. The molecular weight excluding hydrogens is 316 g/mol. The number of nitrogens with one attached hydrogen (secondary N) is 2. The minimum atomic E-state index is -0.197. The average molecular weight is 340 g/mol. The van der Waals surface area contributed by atoms with E-state index in [9.17, 15) is 4.79 Å². The maximum Gasteiger partial charge on any atom is 0.257 e. The van der Waals surface area contributed by atoms with Gasteiger partial charge in [-0.3, -0.25) is 10.1 Å². The molecule has 24 heavy (non-hydrogen) atoms.